The fraction of sp³-hybridized carbons (Fsp3) is 0.231. The molecule has 0 fully saturated rings. The quantitative estimate of drug-likeness (QED) is 0.777. The van der Waals surface area contributed by atoms with E-state index in [9.17, 15) is 0 Å². The van der Waals surface area contributed by atoms with Gasteiger partial charge in [-0.3, -0.25) is 4.40 Å². The summed E-state index contributed by atoms with van der Waals surface area (Å²) < 4.78 is 2.13. The fourth-order valence-corrected chi connectivity index (χ4v) is 3.58. The van der Waals surface area contributed by atoms with Crippen molar-refractivity contribution in [2.75, 3.05) is 6.54 Å². The van der Waals surface area contributed by atoms with E-state index in [1.54, 1.807) is 29.3 Å². The SMILES string of the molecule is CCNCc1c(Sc2ccc(Cl)cn2)nc2sccn12. The van der Waals surface area contributed by atoms with Gasteiger partial charge in [0.25, 0.3) is 0 Å². The first-order valence-corrected chi connectivity index (χ1v) is 8.30. The lowest BCUT2D eigenvalue weighted by Crippen LogP contribution is -2.13. The van der Waals surface area contributed by atoms with Gasteiger partial charge in [-0.1, -0.05) is 18.5 Å². The Balaban J connectivity index is 1.93. The summed E-state index contributed by atoms with van der Waals surface area (Å²) in [6.45, 7) is 3.82. The van der Waals surface area contributed by atoms with Crippen molar-refractivity contribution in [1.82, 2.24) is 19.7 Å². The van der Waals surface area contributed by atoms with E-state index in [1.807, 2.05) is 17.5 Å². The van der Waals surface area contributed by atoms with Gasteiger partial charge in [0.1, 0.15) is 10.1 Å². The number of pyridine rings is 1. The first-order valence-electron chi connectivity index (χ1n) is 6.22. The molecule has 0 aromatic carbocycles. The molecule has 0 spiro atoms. The first kappa shape index (κ1) is 13.9. The van der Waals surface area contributed by atoms with Crippen LogP contribution in [-0.2, 0) is 6.54 Å². The van der Waals surface area contributed by atoms with Crippen LogP contribution in [0.2, 0.25) is 5.02 Å². The normalized spacial score (nSPS) is 11.3. The molecule has 4 nitrogen and oxygen atoms in total. The van der Waals surface area contributed by atoms with E-state index in [1.165, 1.54) is 5.69 Å². The van der Waals surface area contributed by atoms with Crippen LogP contribution in [0.15, 0.2) is 40.0 Å². The predicted molar refractivity (Wildman–Crippen MR) is 83.8 cm³/mol. The average Bonchev–Trinajstić information content (AvgIpc) is 3.00. The van der Waals surface area contributed by atoms with Crippen molar-refractivity contribution in [1.29, 1.82) is 0 Å². The number of hydrogen-bond donors (Lipinski definition) is 1. The molecule has 0 atom stereocenters. The number of rotatable bonds is 5. The third-order valence-electron chi connectivity index (χ3n) is 2.77. The molecule has 0 radical (unpaired) electrons. The molecule has 0 unspecified atom stereocenters. The Morgan fingerprint density at radius 1 is 1.45 bits per heavy atom. The molecular weight excluding hydrogens is 312 g/mol. The van der Waals surface area contributed by atoms with Crippen LogP contribution in [0.4, 0.5) is 0 Å². The van der Waals surface area contributed by atoms with E-state index in [0.717, 1.165) is 28.1 Å². The maximum absolute atomic E-state index is 5.86. The Kier molecular flexibility index (Phi) is 4.26. The monoisotopic (exact) mass is 324 g/mol. The fourth-order valence-electron chi connectivity index (χ4n) is 1.82. The topological polar surface area (TPSA) is 42.2 Å². The van der Waals surface area contributed by atoms with E-state index in [2.05, 4.69) is 32.8 Å². The molecule has 3 heterocycles. The summed E-state index contributed by atoms with van der Waals surface area (Å²) in [5.41, 5.74) is 1.17. The maximum Gasteiger partial charge on any atom is 0.194 e. The summed E-state index contributed by atoms with van der Waals surface area (Å²) in [5.74, 6) is 0. The van der Waals surface area contributed by atoms with Gasteiger partial charge in [-0.05, 0) is 30.4 Å². The molecule has 0 amide bonds. The zero-order chi connectivity index (χ0) is 13.9. The largest absolute Gasteiger partial charge is 0.311 e. The number of thiazole rings is 1. The number of halogens is 1. The smallest absolute Gasteiger partial charge is 0.194 e. The van der Waals surface area contributed by atoms with Gasteiger partial charge < -0.3 is 5.32 Å². The van der Waals surface area contributed by atoms with Crippen LogP contribution in [-0.4, -0.2) is 20.9 Å². The number of nitrogens with zero attached hydrogens (tertiary/aromatic N) is 3. The Labute approximate surface area is 130 Å². The standard InChI is InChI=1S/C13H13ClN4S2/c1-2-15-8-10-12(17-13-18(10)5-6-19-13)20-11-4-3-9(14)7-16-11/h3-7,15H,2,8H2,1H3. The molecule has 0 bridgehead atoms. The third-order valence-corrected chi connectivity index (χ3v) is 4.72. The second-order valence-electron chi connectivity index (χ2n) is 4.12. The van der Waals surface area contributed by atoms with Crippen molar-refractivity contribution >= 4 is 39.7 Å². The van der Waals surface area contributed by atoms with E-state index in [4.69, 9.17) is 11.6 Å². The van der Waals surface area contributed by atoms with Crippen LogP contribution in [0.3, 0.4) is 0 Å². The molecular formula is C13H13ClN4S2. The van der Waals surface area contributed by atoms with E-state index < -0.39 is 0 Å². The molecule has 0 saturated heterocycles. The van der Waals surface area contributed by atoms with Gasteiger partial charge in [0, 0.05) is 24.3 Å². The van der Waals surface area contributed by atoms with Crippen LogP contribution in [0.25, 0.3) is 4.96 Å². The number of imidazole rings is 1. The molecule has 0 aliphatic carbocycles. The minimum Gasteiger partial charge on any atom is -0.311 e. The maximum atomic E-state index is 5.86. The van der Waals surface area contributed by atoms with Gasteiger partial charge in [0.2, 0.25) is 0 Å². The lowest BCUT2D eigenvalue weighted by Gasteiger charge is -2.04. The summed E-state index contributed by atoms with van der Waals surface area (Å²) in [6.07, 6.45) is 3.71. The molecule has 1 N–H and O–H groups in total. The highest BCUT2D eigenvalue weighted by Gasteiger charge is 2.14. The Hall–Kier alpha value is -1.08. The van der Waals surface area contributed by atoms with Crippen molar-refractivity contribution in [3.05, 3.63) is 40.6 Å². The average molecular weight is 325 g/mol. The molecule has 3 aromatic heterocycles. The summed E-state index contributed by atoms with van der Waals surface area (Å²) >= 11 is 9.07. The lowest BCUT2D eigenvalue weighted by molar-refractivity contribution is 0.694. The molecule has 3 rings (SSSR count). The Morgan fingerprint density at radius 3 is 3.10 bits per heavy atom. The molecule has 104 valence electrons. The Morgan fingerprint density at radius 2 is 2.35 bits per heavy atom. The van der Waals surface area contributed by atoms with E-state index >= 15 is 0 Å². The zero-order valence-electron chi connectivity index (χ0n) is 10.8. The van der Waals surface area contributed by atoms with Crippen molar-refractivity contribution in [3.8, 4) is 0 Å². The second-order valence-corrected chi connectivity index (χ2v) is 6.43. The highest BCUT2D eigenvalue weighted by atomic mass is 35.5. The van der Waals surface area contributed by atoms with Crippen LogP contribution >= 0.6 is 34.7 Å². The summed E-state index contributed by atoms with van der Waals surface area (Å²) in [4.78, 5) is 10.00. The van der Waals surface area contributed by atoms with Gasteiger partial charge in [0.05, 0.1) is 10.7 Å². The first-order chi connectivity index (χ1) is 9.78. The van der Waals surface area contributed by atoms with E-state index in [0.29, 0.717) is 5.02 Å². The van der Waals surface area contributed by atoms with Crippen molar-refractivity contribution in [2.24, 2.45) is 0 Å². The van der Waals surface area contributed by atoms with Crippen LogP contribution in [0.5, 0.6) is 0 Å². The van der Waals surface area contributed by atoms with E-state index in [-0.39, 0.29) is 0 Å². The highest BCUT2D eigenvalue weighted by molar-refractivity contribution is 7.99. The van der Waals surface area contributed by atoms with Gasteiger partial charge in [0.15, 0.2) is 4.96 Å². The predicted octanol–water partition coefficient (Wildman–Crippen LogP) is 3.70. The van der Waals surface area contributed by atoms with Crippen molar-refractivity contribution in [2.45, 2.75) is 23.5 Å². The highest BCUT2D eigenvalue weighted by Crippen LogP contribution is 2.31. The zero-order valence-corrected chi connectivity index (χ0v) is 13.2. The number of fused-ring (bicyclic) bond motifs is 1. The van der Waals surface area contributed by atoms with Gasteiger partial charge in [-0.25, -0.2) is 9.97 Å². The Bertz CT molecular complexity index is 705. The lowest BCUT2D eigenvalue weighted by atomic mass is 10.4. The minimum absolute atomic E-state index is 0.646. The molecule has 0 saturated carbocycles. The third kappa shape index (κ3) is 2.83. The minimum atomic E-state index is 0.646. The number of aromatic nitrogens is 3. The number of hydrogen-bond acceptors (Lipinski definition) is 5. The summed E-state index contributed by atoms with van der Waals surface area (Å²) in [6, 6.07) is 3.76. The van der Waals surface area contributed by atoms with Crippen LogP contribution in [0, 0.1) is 0 Å². The summed E-state index contributed by atoms with van der Waals surface area (Å²) in [7, 11) is 0. The van der Waals surface area contributed by atoms with Crippen LogP contribution < -0.4 is 5.32 Å². The van der Waals surface area contributed by atoms with Crippen molar-refractivity contribution < 1.29 is 0 Å². The molecule has 0 aliphatic rings. The van der Waals surface area contributed by atoms with Gasteiger partial charge in [-0.2, -0.15) is 0 Å². The second kappa shape index (κ2) is 6.13. The molecule has 3 aromatic rings. The van der Waals surface area contributed by atoms with Gasteiger partial charge in [-0.15, -0.1) is 11.3 Å². The molecule has 0 aliphatic heterocycles. The van der Waals surface area contributed by atoms with Crippen LogP contribution in [0.1, 0.15) is 12.6 Å². The molecule has 20 heavy (non-hydrogen) atoms. The van der Waals surface area contributed by atoms with Gasteiger partial charge >= 0.3 is 0 Å². The summed E-state index contributed by atoms with van der Waals surface area (Å²) in [5, 5.41) is 7.95. The molecule has 7 heteroatoms. The van der Waals surface area contributed by atoms with Crippen molar-refractivity contribution in [3.63, 3.8) is 0 Å². The number of nitrogens with one attached hydrogen (secondary N) is 1.